The summed E-state index contributed by atoms with van der Waals surface area (Å²) in [6.07, 6.45) is 3.82. The minimum absolute atomic E-state index is 0.0627. The summed E-state index contributed by atoms with van der Waals surface area (Å²) in [5.74, 6) is 0. The SMILES string of the molecule is CNC1=CC=C(CO)N=I1. The van der Waals surface area contributed by atoms with Gasteiger partial charge in [0.1, 0.15) is 0 Å². The summed E-state index contributed by atoms with van der Waals surface area (Å²) in [4.78, 5) is 0. The summed E-state index contributed by atoms with van der Waals surface area (Å²) >= 11 is -0.251. The van der Waals surface area contributed by atoms with Crippen molar-refractivity contribution in [2.75, 3.05) is 13.7 Å². The average molecular weight is 252 g/mol. The van der Waals surface area contributed by atoms with Crippen LogP contribution in [0.1, 0.15) is 0 Å². The Hall–Kier alpha value is -0.230. The van der Waals surface area contributed by atoms with E-state index in [1.807, 2.05) is 19.2 Å². The first-order valence-corrected chi connectivity index (χ1v) is 4.96. The highest BCUT2D eigenvalue weighted by molar-refractivity contribution is 14.2. The van der Waals surface area contributed by atoms with Crippen molar-refractivity contribution >= 4 is 21.0 Å². The Balaban J connectivity index is 2.68. The summed E-state index contributed by atoms with van der Waals surface area (Å²) in [5.41, 5.74) is 0.798. The van der Waals surface area contributed by atoms with E-state index < -0.39 is 0 Å². The molecule has 1 heterocycles. The Morgan fingerprint density at radius 3 is 2.90 bits per heavy atom. The average Bonchev–Trinajstić information content (AvgIpc) is 2.05. The quantitative estimate of drug-likeness (QED) is 0.570. The molecule has 0 spiro atoms. The second kappa shape index (κ2) is 3.82. The molecule has 0 aromatic carbocycles. The molecule has 0 amide bonds. The van der Waals surface area contributed by atoms with Crippen LogP contribution in [0.15, 0.2) is 24.7 Å². The van der Waals surface area contributed by atoms with E-state index in [1.165, 1.54) is 3.70 Å². The van der Waals surface area contributed by atoms with Gasteiger partial charge >= 0.3 is 0 Å². The first-order valence-electron chi connectivity index (χ1n) is 2.91. The Morgan fingerprint density at radius 1 is 1.70 bits per heavy atom. The molecule has 0 unspecified atom stereocenters. The minimum Gasteiger partial charge on any atom is -0.390 e. The van der Waals surface area contributed by atoms with E-state index in [2.05, 4.69) is 8.46 Å². The van der Waals surface area contributed by atoms with Crippen molar-refractivity contribution in [3.05, 3.63) is 21.6 Å². The maximum Gasteiger partial charge on any atom is 0.0857 e. The van der Waals surface area contributed by atoms with Crippen LogP contribution in [0.25, 0.3) is 0 Å². The van der Waals surface area contributed by atoms with E-state index in [1.54, 1.807) is 0 Å². The van der Waals surface area contributed by atoms with Gasteiger partial charge in [0, 0.05) is 28.1 Å². The minimum atomic E-state index is -0.251. The second-order valence-electron chi connectivity index (χ2n) is 1.75. The van der Waals surface area contributed by atoms with Crippen LogP contribution in [0.2, 0.25) is 0 Å². The van der Waals surface area contributed by atoms with Crippen LogP contribution in [0.3, 0.4) is 0 Å². The van der Waals surface area contributed by atoms with Gasteiger partial charge in [-0.3, -0.25) is 0 Å². The van der Waals surface area contributed by atoms with Crippen LogP contribution in [0.5, 0.6) is 0 Å². The number of allylic oxidation sites excluding steroid dienone is 2. The van der Waals surface area contributed by atoms with E-state index in [9.17, 15) is 0 Å². The third-order valence-corrected chi connectivity index (χ3v) is 3.34. The standard InChI is InChI=1S/C6H9IN2O/c1-8-6-3-2-5(4-10)9-7-6/h2-3,8,10H,4H2,1H3. The zero-order valence-corrected chi connectivity index (χ0v) is 7.79. The highest BCUT2D eigenvalue weighted by Gasteiger charge is 1.96. The number of hydrogen-bond donors (Lipinski definition) is 2. The lowest BCUT2D eigenvalue weighted by Crippen LogP contribution is -2.00. The summed E-state index contributed by atoms with van der Waals surface area (Å²) in [7, 11) is 1.89. The lowest BCUT2D eigenvalue weighted by molar-refractivity contribution is 0.330. The van der Waals surface area contributed by atoms with Crippen molar-refractivity contribution in [3.63, 3.8) is 0 Å². The number of halogens is 1. The van der Waals surface area contributed by atoms with E-state index in [0.717, 1.165) is 5.70 Å². The summed E-state index contributed by atoms with van der Waals surface area (Å²) in [5, 5.41) is 11.7. The van der Waals surface area contributed by atoms with Crippen LogP contribution in [0, 0.1) is 0 Å². The molecule has 0 aromatic rings. The van der Waals surface area contributed by atoms with E-state index >= 15 is 0 Å². The Morgan fingerprint density at radius 2 is 2.50 bits per heavy atom. The molecule has 2 N–H and O–H groups in total. The molecule has 4 heteroatoms. The van der Waals surface area contributed by atoms with Gasteiger partial charge in [-0.2, -0.15) is 0 Å². The predicted octanol–water partition coefficient (Wildman–Crippen LogP) is 1.09. The normalized spacial score (nSPS) is 17.0. The van der Waals surface area contributed by atoms with Gasteiger partial charge in [-0.15, -0.1) is 0 Å². The maximum atomic E-state index is 8.66. The van der Waals surface area contributed by atoms with Gasteiger partial charge < -0.3 is 10.4 Å². The van der Waals surface area contributed by atoms with Crippen molar-refractivity contribution < 1.29 is 5.11 Å². The maximum absolute atomic E-state index is 8.66. The van der Waals surface area contributed by atoms with E-state index in [-0.39, 0.29) is 27.6 Å². The molecule has 1 aliphatic rings. The molecule has 1 rings (SSSR count). The fraction of sp³-hybridized carbons (Fsp3) is 0.333. The van der Waals surface area contributed by atoms with Gasteiger partial charge in [0.25, 0.3) is 0 Å². The molecule has 0 aromatic heterocycles. The van der Waals surface area contributed by atoms with Crippen LogP contribution in [0.4, 0.5) is 0 Å². The largest absolute Gasteiger partial charge is 0.390 e. The monoisotopic (exact) mass is 252 g/mol. The zero-order valence-electron chi connectivity index (χ0n) is 5.63. The first-order chi connectivity index (χ1) is 4.86. The van der Waals surface area contributed by atoms with Crippen LogP contribution in [-0.4, -0.2) is 18.8 Å². The first kappa shape index (κ1) is 7.87. The summed E-state index contributed by atoms with van der Waals surface area (Å²) < 4.78 is 5.38. The number of nitrogens with zero attached hydrogens (tertiary/aromatic N) is 1. The van der Waals surface area contributed by atoms with Crippen LogP contribution < -0.4 is 5.32 Å². The molecular weight excluding hydrogens is 243 g/mol. The van der Waals surface area contributed by atoms with Gasteiger partial charge in [-0.1, -0.05) is 0 Å². The molecule has 0 saturated heterocycles. The Labute approximate surface area is 70.0 Å². The smallest absolute Gasteiger partial charge is 0.0857 e. The van der Waals surface area contributed by atoms with E-state index in [0.29, 0.717) is 0 Å². The highest BCUT2D eigenvalue weighted by Crippen LogP contribution is 2.20. The van der Waals surface area contributed by atoms with Gasteiger partial charge in [0.2, 0.25) is 0 Å². The highest BCUT2D eigenvalue weighted by atomic mass is 127. The lowest BCUT2D eigenvalue weighted by Gasteiger charge is -2.02. The van der Waals surface area contributed by atoms with E-state index in [4.69, 9.17) is 5.11 Å². The molecule has 0 atom stereocenters. The molecule has 0 fully saturated rings. The third kappa shape index (κ3) is 1.88. The van der Waals surface area contributed by atoms with Crippen molar-refractivity contribution in [1.29, 1.82) is 0 Å². The molecule has 0 radical (unpaired) electrons. The third-order valence-electron chi connectivity index (χ3n) is 1.06. The molecule has 1 aliphatic heterocycles. The molecule has 0 aliphatic carbocycles. The number of hydrogen-bond acceptors (Lipinski definition) is 3. The van der Waals surface area contributed by atoms with Gasteiger partial charge in [0.05, 0.1) is 16.0 Å². The van der Waals surface area contributed by atoms with Crippen LogP contribution >= 0.6 is 21.0 Å². The van der Waals surface area contributed by atoms with Crippen LogP contribution in [-0.2, 0) is 0 Å². The molecule has 0 bridgehead atoms. The fourth-order valence-electron chi connectivity index (χ4n) is 0.531. The number of aliphatic hydroxyl groups excluding tert-OH is 1. The molecule has 10 heavy (non-hydrogen) atoms. The van der Waals surface area contributed by atoms with Crippen molar-refractivity contribution in [1.82, 2.24) is 5.32 Å². The van der Waals surface area contributed by atoms with Crippen molar-refractivity contribution in [3.8, 4) is 0 Å². The van der Waals surface area contributed by atoms with Gasteiger partial charge in [-0.25, -0.2) is 3.15 Å². The topological polar surface area (TPSA) is 44.6 Å². The fourth-order valence-corrected chi connectivity index (χ4v) is 2.00. The molecular formula is C6H9IN2O. The van der Waals surface area contributed by atoms with Crippen molar-refractivity contribution in [2.45, 2.75) is 0 Å². The molecule has 0 saturated carbocycles. The molecule has 56 valence electrons. The number of nitrogens with one attached hydrogen (secondary N) is 1. The summed E-state index contributed by atoms with van der Waals surface area (Å²) in [6, 6.07) is 0. The number of aliphatic hydroxyl groups is 1. The summed E-state index contributed by atoms with van der Waals surface area (Å²) in [6.45, 7) is 0.0627. The second-order valence-corrected chi connectivity index (χ2v) is 3.88. The molecule has 3 nitrogen and oxygen atoms in total. The van der Waals surface area contributed by atoms with Gasteiger partial charge in [0.15, 0.2) is 0 Å². The Bertz CT molecular complexity index is 186. The lowest BCUT2D eigenvalue weighted by atomic mass is 10.4. The zero-order chi connectivity index (χ0) is 7.40. The predicted molar refractivity (Wildman–Crippen MR) is 48.8 cm³/mol. The van der Waals surface area contributed by atoms with Gasteiger partial charge in [-0.05, 0) is 12.2 Å². The van der Waals surface area contributed by atoms with Crippen molar-refractivity contribution in [2.24, 2.45) is 3.15 Å². The Kier molecular flexibility index (Phi) is 3.01. The number of rotatable bonds is 2.